The molecule has 3 aromatic carbocycles. The van der Waals surface area contributed by atoms with Crippen molar-refractivity contribution < 1.29 is 22.8 Å². The van der Waals surface area contributed by atoms with Gasteiger partial charge in [0, 0.05) is 18.7 Å². The summed E-state index contributed by atoms with van der Waals surface area (Å²) >= 11 is 1.18. The Bertz CT molecular complexity index is 1660. The Morgan fingerprint density at radius 3 is 2.13 bits per heavy atom. The molecule has 0 atom stereocenters. The molecule has 0 aliphatic carbocycles. The van der Waals surface area contributed by atoms with E-state index in [4.69, 9.17) is 0 Å². The topological polar surface area (TPSA) is 117 Å². The van der Waals surface area contributed by atoms with E-state index >= 15 is 0 Å². The van der Waals surface area contributed by atoms with Crippen LogP contribution in [0, 0.1) is 0 Å². The van der Waals surface area contributed by atoms with Crippen molar-refractivity contribution in [1.82, 2.24) is 9.29 Å². The fraction of sp³-hybridized carbons (Fsp3) is 0.214. The molecule has 11 heteroatoms. The second-order valence-electron chi connectivity index (χ2n) is 9.04. The van der Waals surface area contributed by atoms with Crippen LogP contribution in [0.1, 0.15) is 57.8 Å². The Kier molecular flexibility index (Phi) is 7.30. The molecule has 1 aliphatic rings. The molecule has 3 amide bonds. The van der Waals surface area contributed by atoms with Gasteiger partial charge in [-0.15, -0.1) is 0 Å². The summed E-state index contributed by atoms with van der Waals surface area (Å²) in [5.41, 5.74) is 1.95. The van der Waals surface area contributed by atoms with Gasteiger partial charge in [0.15, 0.2) is 5.13 Å². The molecule has 0 spiro atoms. The highest BCUT2D eigenvalue weighted by Gasteiger charge is 2.36. The lowest BCUT2D eigenvalue weighted by Crippen LogP contribution is -2.32. The van der Waals surface area contributed by atoms with Crippen LogP contribution in [-0.2, 0) is 10.0 Å². The summed E-state index contributed by atoms with van der Waals surface area (Å²) < 4.78 is 28.4. The molecule has 0 bridgehead atoms. The van der Waals surface area contributed by atoms with Crippen molar-refractivity contribution in [1.29, 1.82) is 0 Å². The number of anilines is 2. The average Bonchev–Trinajstić information content (AvgIpc) is 3.45. The highest BCUT2D eigenvalue weighted by Crippen LogP contribution is 2.31. The normalized spacial score (nSPS) is 13.4. The summed E-state index contributed by atoms with van der Waals surface area (Å²) in [6.07, 6.45) is 1.44. The van der Waals surface area contributed by atoms with Gasteiger partial charge in [0.1, 0.15) is 0 Å². The third kappa shape index (κ3) is 4.96. The number of carbonyl (C=O) groups is 3. The number of hydrogen-bond acceptors (Lipinski definition) is 7. The molecular weight excluding hydrogens is 536 g/mol. The number of imide groups is 1. The maximum atomic E-state index is 13.1. The number of nitrogens with zero attached hydrogens (tertiary/aromatic N) is 3. The van der Waals surface area contributed by atoms with Gasteiger partial charge in [-0.25, -0.2) is 18.3 Å². The third-order valence-electron chi connectivity index (χ3n) is 6.35. The smallest absolute Gasteiger partial charge is 0.266 e. The van der Waals surface area contributed by atoms with E-state index in [1.54, 1.807) is 54.6 Å². The second-order valence-corrected chi connectivity index (χ2v) is 12.0. The summed E-state index contributed by atoms with van der Waals surface area (Å²) in [6.45, 7) is 4.78. The van der Waals surface area contributed by atoms with Gasteiger partial charge in [-0.05, 0) is 67.4 Å². The fourth-order valence-corrected chi connectivity index (χ4v) is 7.10. The SMILES string of the molecule is CCCN(CCC)S(=O)(=O)c1ccc2nc(NC(=O)c3ccc(N4C(=O)c5ccccc5C4=O)cc3)sc2c1. The van der Waals surface area contributed by atoms with Crippen LogP contribution in [0.15, 0.2) is 71.6 Å². The molecule has 1 aromatic heterocycles. The summed E-state index contributed by atoms with van der Waals surface area (Å²) in [5.74, 6) is -1.24. The van der Waals surface area contributed by atoms with Gasteiger partial charge in [-0.3, -0.25) is 19.7 Å². The first-order chi connectivity index (χ1) is 18.7. The standard InChI is InChI=1S/C28H26N4O5S2/c1-3-15-31(16-4-2)39(36,37)20-13-14-23-24(17-20)38-28(29-23)30-25(33)18-9-11-19(12-10-18)32-26(34)21-7-5-6-8-22(21)27(32)35/h5-14,17H,3-4,15-16H2,1-2H3,(H,29,30,33). The monoisotopic (exact) mass is 562 g/mol. The molecule has 5 rings (SSSR count). The molecule has 0 saturated heterocycles. The van der Waals surface area contributed by atoms with E-state index in [1.807, 2.05) is 13.8 Å². The molecule has 0 radical (unpaired) electrons. The van der Waals surface area contributed by atoms with Gasteiger partial charge in [-0.1, -0.05) is 37.3 Å². The molecule has 0 fully saturated rings. The van der Waals surface area contributed by atoms with E-state index in [-0.39, 0.29) is 4.90 Å². The summed E-state index contributed by atoms with van der Waals surface area (Å²) in [5, 5.41) is 3.08. The molecule has 0 saturated carbocycles. The number of sulfonamides is 1. The number of rotatable bonds is 9. The number of carbonyl (C=O) groups excluding carboxylic acids is 3. The van der Waals surface area contributed by atoms with Crippen molar-refractivity contribution in [3.8, 4) is 0 Å². The minimum absolute atomic E-state index is 0.196. The van der Waals surface area contributed by atoms with Gasteiger partial charge in [0.25, 0.3) is 17.7 Å². The maximum Gasteiger partial charge on any atom is 0.266 e. The van der Waals surface area contributed by atoms with E-state index in [0.717, 1.165) is 17.7 Å². The first-order valence-corrected chi connectivity index (χ1v) is 14.8. The number of hydrogen-bond donors (Lipinski definition) is 1. The van der Waals surface area contributed by atoms with Crippen molar-refractivity contribution in [2.75, 3.05) is 23.3 Å². The maximum absolute atomic E-state index is 13.1. The van der Waals surface area contributed by atoms with Crippen LogP contribution in [-0.4, -0.2) is 48.5 Å². The third-order valence-corrected chi connectivity index (χ3v) is 9.17. The van der Waals surface area contributed by atoms with Gasteiger partial charge in [-0.2, -0.15) is 4.31 Å². The number of benzene rings is 3. The van der Waals surface area contributed by atoms with Crippen LogP contribution in [0.2, 0.25) is 0 Å². The summed E-state index contributed by atoms with van der Waals surface area (Å²) in [6, 6.07) is 17.6. The van der Waals surface area contributed by atoms with E-state index in [9.17, 15) is 22.8 Å². The molecule has 39 heavy (non-hydrogen) atoms. The number of amides is 3. The fourth-order valence-electron chi connectivity index (χ4n) is 4.47. The molecular formula is C28H26N4O5S2. The van der Waals surface area contributed by atoms with E-state index < -0.39 is 27.7 Å². The van der Waals surface area contributed by atoms with Crippen LogP contribution in [0.25, 0.3) is 10.2 Å². The van der Waals surface area contributed by atoms with E-state index in [1.165, 1.54) is 27.8 Å². The average molecular weight is 563 g/mol. The Balaban J connectivity index is 1.32. The molecule has 200 valence electrons. The van der Waals surface area contributed by atoms with Gasteiger partial charge >= 0.3 is 0 Å². The van der Waals surface area contributed by atoms with E-state index in [0.29, 0.717) is 50.8 Å². The van der Waals surface area contributed by atoms with Crippen LogP contribution in [0.4, 0.5) is 10.8 Å². The first-order valence-electron chi connectivity index (χ1n) is 12.5. The lowest BCUT2D eigenvalue weighted by Gasteiger charge is -2.20. The van der Waals surface area contributed by atoms with Gasteiger partial charge in [0.05, 0.1) is 31.9 Å². The largest absolute Gasteiger partial charge is 0.298 e. The molecule has 1 aliphatic heterocycles. The number of nitrogens with one attached hydrogen (secondary N) is 1. The van der Waals surface area contributed by atoms with Crippen molar-refractivity contribution >= 4 is 60.1 Å². The van der Waals surface area contributed by atoms with Crippen molar-refractivity contribution in [2.24, 2.45) is 0 Å². The molecule has 2 heterocycles. The van der Waals surface area contributed by atoms with Crippen LogP contribution < -0.4 is 10.2 Å². The predicted molar refractivity (Wildman–Crippen MR) is 151 cm³/mol. The summed E-state index contributed by atoms with van der Waals surface area (Å²) in [4.78, 5) is 44.0. The lowest BCUT2D eigenvalue weighted by molar-refractivity contribution is 0.0925. The summed E-state index contributed by atoms with van der Waals surface area (Å²) in [7, 11) is -3.64. The number of fused-ring (bicyclic) bond motifs is 2. The zero-order valence-corrected chi connectivity index (χ0v) is 23.0. The quantitative estimate of drug-likeness (QED) is 0.282. The highest BCUT2D eigenvalue weighted by molar-refractivity contribution is 7.89. The zero-order chi connectivity index (χ0) is 27.7. The van der Waals surface area contributed by atoms with Crippen molar-refractivity contribution in [3.63, 3.8) is 0 Å². The van der Waals surface area contributed by atoms with Crippen molar-refractivity contribution in [2.45, 2.75) is 31.6 Å². The zero-order valence-electron chi connectivity index (χ0n) is 21.4. The Hall–Kier alpha value is -3.93. The number of thiazole rings is 1. The van der Waals surface area contributed by atoms with Crippen LogP contribution in [0.3, 0.4) is 0 Å². The minimum Gasteiger partial charge on any atom is -0.298 e. The molecule has 4 aromatic rings. The first kappa shape index (κ1) is 26.7. The van der Waals surface area contributed by atoms with Crippen LogP contribution in [0.5, 0.6) is 0 Å². The molecule has 1 N–H and O–H groups in total. The number of aromatic nitrogens is 1. The Morgan fingerprint density at radius 1 is 0.923 bits per heavy atom. The Labute approximate surface area is 230 Å². The molecule has 9 nitrogen and oxygen atoms in total. The Morgan fingerprint density at radius 2 is 1.54 bits per heavy atom. The van der Waals surface area contributed by atoms with Crippen molar-refractivity contribution in [3.05, 3.63) is 83.4 Å². The lowest BCUT2D eigenvalue weighted by atomic mass is 10.1. The van der Waals surface area contributed by atoms with Crippen LogP contribution >= 0.6 is 11.3 Å². The van der Waals surface area contributed by atoms with Gasteiger partial charge < -0.3 is 0 Å². The highest BCUT2D eigenvalue weighted by atomic mass is 32.2. The molecule has 0 unspecified atom stereocenters. The van der Waals surface area contributed by atoms with E-state index in [2.05, 4.69) is 10.3 Å². The minimum atomic E-state index is -3.64. The van der Waals surface area contributed by atoms with Gasteiger partial charge in [0.2, 0.25) is 10.0 Å². The second kappa shape index (κ2) is 10.7. The predicted octanol–water partition coefficient (Wildman–Crippen LogP) is 5.16.